The number of unbranched alkanes of at least 4 members (excludes halogenated alkanes) is 3. The highest BCUT2D eigenvalue weighted by atomic mass is 16.7. The van der Waals surface area contributed by atoms with Gasteiger partial charge in [-0.15, -0.1) is 0 Å². The quantitative estimate of drug-likeness (QED) is 0.188. The lowest BCUT2D eigenvalue weighted by atomic mass is 9.76. The van der Waals surface area contributed by atoms with Crippen LogP contribution >= 0.6 is 0 Å². The second kappa shape index (κ2) is 8.89. The maximum atomic E-state index is 10.8. The van der Waals surface area contributed by atoms with Crippen LogP contribution in [-0.2, 0) is 9.31 Å². The number of nitro groups is 1. The van der Waals surface area contributed by atoms with E-state index < -0.39 is 23.2 Å². The Morgan fingerprint density at radius 1 is 1.11 bits per heavy atom. The van der Waals surface area contributed by atoms with Crippen molar-refractivity contribution in [3.8, 4) is 5.75 Å². The molecule has 0 bridgehead atoms. The van der Waals surface area contributed by atoms with Crippen molar-refractivity contribution in [2.24, 2.45) is 0 Å². The molecule has 1 aromatic carbocycles. The number of nitrogens with zero attached hydrogens (tertiary/aromatic N) is 1. The fourth-order valence-electron chi connectivity index (χ4n) is 2.77. The Balaban J connectivity index is 2.11. The second-order valence-corrected chi connectivity index (χ2v) is 7.96. The molecule has 1 aliphatic heterocycles. The lowest BCUT2D eigenvalue weighted by molar-refractivity contribution is -0.384. The van der Waals surface area contributed by atoms with Gasteiger partial charge in [0.25, 0.3) is 5.69 Å². The summed E-state index contributed by atoms with van der Waals surface area (Å²) in [4.78, 5) is 10.3. The monoisotopic (exact) mass is 375 g/mol. The maximum Gasteiger partial charge on any atom is 0.493 e. The molecule has 6 nitrogen and oxygen atoms in total. The minimum absolute atomic E-state index is 0.0390. The van der Waals surface area contributed by atoms with Crippen LogP contribution in [0, 0.1) is 10.1 Å². The van der Waals surface area contributed by atoms with Gasteiger partial charge in [-0.05, 0) is 51.7 Å². The van der Waals surface area contributed by atoms with Gasteiger partial charge in [0.2, 0.25) is 0 Å². The molecule has 0 amide bonds. The molecule has 0 unspecified atom stereocenters. The molecule has 0 N–H and O–H groups in total. The van der Waals surface area contributed by atoms with Gasteiger partial charge in [-0.3, -0.25) is 10.1 Å². The molecule has 0 saturated carbocycles. The van der Waals surface area contributed by atoms with Gasteiger partial charge in [-0.2, -0.15) is 0 Å². The van der Waals surface area contributed by atoms with Gasteiger partial charge < -0.3 is 14.0 Å². The molecular formula is C20H30BNO5. The van der Waals surface area contributed by atoms with Gasteiger partial charge in [0, 0.05) is 12.1 Å². The number of hydrogen-bond donors (Lipinski definition) is 0. The first kappa shape index (κ1) is 21.4. The third-order valence-electron chi connectivity index (χ3n) is 5.27. The number of nitro benzene ring substituents is 1. The number of rotatable bonds is 9. The largest absolute Gasteiger partial charge is 0.493 e. The predicted octanol–water partition coefficient (Wildman–Crippen LogP) is 5.46. The van der Waals surface area contributed by atoms with E-state index in [2.05, 4.69) is 6.92 Å². The summed E-state index contributed by atoms with van der Waals surface area (Å²) >= 11 is 0. The minimum Gasteiger partial charge on any atom is -0.466 e. The lowest BCUT2D eigenvalue weighted by Crippen LogP contribution is -2.41. The normalized spacial score (nSPS) is 18.6. The molecular weight excluding hydrogens is 345 g/mol. The van der Waals surface area contributed by atoms with E-state index in [0.29, 0.717) is 5.75 Å². The third kappa shape index (κ3) is 5.56. The molecule has 2 rings (SSSR count). The average Bonchev–Trinajstić information content (AvgIpc) is 2.82. The summed E-state index contributed by atoms with van der Waals surface area (Å²) in [6.07, 6.45) is 7.05. The minimum atomic E-state index is -0.449. The van der Waals surface area contributed by atoms with Crippen molar-refractivity contribution in [3.63, 3.8) is 0 Å². The molecule has 7 heteroatoms. The molecule has 1 aliphatic rings. The molecule has 0 spiro atoms. The second-order valence-electron chi connectivity index (χ2n) is 7.96. The van der Waals surface area contributed by atoms with Crippen molar-refractivity contribution >= 4 is 12.8 Å². The number of ether oxygens (including phenoxy) is 1. The van der Waals surface area contributed by atoms with Crippen LogP contribution in [0.5, 0.6) is 5.75 Å². The molecule has 1 aromatic rings. The van der Waals surface area contributed by atoms with Crippen molar-refractivity contribution in [1.82, 2.24) is 0 Å². The van der Waals surface area contributed by atoms with Crippen molar-refractivity contribution in [2.45, 2.75) is 77.9 Å². The SMILES string of the molecule is CCCCCC/C(=C/Oc1ccc([N+](=O)[O-])cc1)B1OC(C)(C)C(C)(C)O1. The molecule has 1 fully saturated rings. The molecule has 0 atom stereocenters. The van der Waals surface area contributed by atoms with Gasteiger partial charge in [0.05, 0.1) is 22.4 Å². The smallest absolute Gasteiger partial charge is 0.466 e. The Hall–Kier alpha value is -1.86. The highest BCUT2D eigenvalue weighted by molar-refractivity contribution is 6.54. The highest BCUT2D eigenvalue weighted by Gasteiger charge is 2.52. The van der Waals surface area contributed by atoms with Gasteiger partial charge in [0.15, 0.2) is 0 Å². The van der Waals surface area contributed by atoms with Crippen LogP contribution in [0.2, 0.25) is 0 Å². The Morgan fingerprint density at radius 2 is 1.70 bits per heavy atom. The van der Waals surface area contributed by atoms with Crippen molar-refractivity contribution in [3.05, 3.63) is 46.1 Å². The zero-order valence-electron chi connectivity index (χ0n) is 17.0. The van der Waals surface area contributed by atoms with Gasteiger partial charge in [-0.1, -0.05) is 32.6 Å². The van der Waals surface area contributed by atoms with Crippen LogP contribution in [0.25, 0.3) is 0 Å². The summed E-state index contributed by atoms with van der Waals surface area (Å²) < 4.78 is 18.1. The van der Waals surface area contributed by atoms with Crippen LogP contribution in [0.1, 0.15) is 66.7 Å². The van der Waals surface area contributed by atoms with Crippen LogP contribution < -0.4 is 4.74 Å². The summed E-state index contributed by atoms with van der Waals surface area (Å²) in [6, 6.07) is 6.04. The van der Waals surface area contributed by atoms with E-state index in [-0.39, 0.29) is 5.69 Å². The number of hydrogen-bond acceptors (Lipinski definition) is 5. The Labute approximate surface area is 162 Å². The fourth-order valence-corrected chi connectivity index (χ4v) is 2.77. The number of benzene rings is 1. The fraction of sp³-hybridized carbons (Fsp3) is 0.600. The molecule has 0 aliphatic carbocycles. The molecule has 0 radical (unpaired) electrons. The maximum absolute atomic E-state index is 10.8. The van der Waals surface area contributed by atoms with Crippen molar-refractivity contribution < 1.29 is 19.0 Å². The molecule has 1 heterocycles. The molecule has 1 saturated heterocycles. The van der Waals surface area contributed by atoms with E-state index in [1.165, 1.54) is 25.0 Å². The first-order valence-electron chi connectivity index (χ1n) is 9.62. The van der Waals surface area contributed by atoms with Crippen LogP contribution in [-0.4, -0.2) is 23.2 Å². The van der Waals surface area contributed by atoms with E-state index in [9.17, 15) is 10.1 Å². The van der Waals surface area contributed by atoms with E-state index >= 15 is 0 Å². The first-order chi connectivity index (χ1) is 12.7. The van der Waals surface area contributed by atoms with E-state index in [4.69, 9.17) is 14.0 Å². The summed E-state index contributed by atoms with van der Waals surface area (Å²) in [5, 5.41) is 10.8. The van der Waals surface area contributed by atoms with E-state index in [1.807, 2.05) is 27.7 Å². The first-order valence-corrected chi connectivity index (χ1v) is 9.62. The van der Waals surface area contributed by atoms with E-state index in [0.717, 1.165) is 24.7 Å². The lowest BCUT2D eigenvalue weighted by Gasteiger charge is -2.32. The zero-order chi connectivity index (χ0) is 20.1. The molecule has 27 heavy (non-hydrogen) atoms. The topological polar surface area (TPSA) is 70.8 Å². The van der Waals surface area contributed by atoms with Crippen LogP contribution in [0.15, 0.2) is 36.0 Å². The van der Waals surface area contributed by atoms with Gasteiger partial charge in [-0.25, -0.2) is 0 Å². The van der Waals surface area contributed by atoms with Crippen LogP contribution in [0.3, 0.4) is 0 Å². The standard InChI is InChI=1S/C20H30BNO5/c1-6-7-8-9-10-16(21-26-19(2,3)20(4,5)27-21)15-25-18-13-11-17(12-14-18)22(23)24/h11-15H,6-10H2,1-5H3/b16-15-. The van der Waals surface area contributed by atoms with Gasteiger partial charge >= 0.3 is 7.12 Å². The van der Waals surface area contributed by atoms with Crippen molar-refractivity contribution in [2.75, 3.05) is 0 Å². The Kier molecular flexibility index (Phi) is 7.06. The van der Waals surface area contributed by atoms with Crippen molar-refractivity contribution in [1.29, 1.82) is 0 Å². The number of non-ortho nitro benzene ring substituents is 1. The van der Waals surface area contributed by atoms with Crippen LogP contribution in [0.4, 0.5) is 5.69 Å². The average molecular weight is 375 g/mol. The molecule has 0 aromatic heterocycles. The number of allylic oxidation sites excluding steroid dienone is 1. The summed E-state index contributed by atoms with van der Waals surface area (Å²) in [5.41, 5.74) is 0.168. The Bertz CT molecular complexity index is 653. The van der Waals surface area contributed by atoms with E-state index in [1.54, 1.807) is 18.4 Å². The molecule has 148 valence electrons. The summed E-state index contributed by atoms with van der Waals surface area (Å²) in [7, 11) is -0.449. The third-order valence-corrected chi connectivity index (χ3v) is 5.27. The predicted molar refractivity (Wildman–Crippen MR) is 107 cm³/mol. The zero-order valence-corrected chi connectivity index (χ0v) is 17.0. The Morgan fingerprint density at radius 3 is 2.22 bits per heavy atom. The summed E-state index contributed by atoms with van der Waals surface area (Å²) in [6.45, 7) is 10.3. The highest BCUT2D eigenvalue weighted by Crippen LogP contribution is 2.39. The summed E-state index contributed by atoms with van der Waals surface area (Å²) in [5.74, 6) is 0.545. The van der Waals surface area contributed by atoms with Gasteiger partial charge in [0.1, 0.15) is 5.75 Å².